The van der Waals surface area contributed by atoms with Crippen molar-refractivity contribution in [3.63, 3.8) is 0 Å². The Hall–Kier alpha value is -2.86. The lowest BCUT2D eigenvalue weighted by molar-refractivity contribution is -0.116. The zero-order valence-electron chi connectivity index (χ0n) is 14.7. The number of Topliss-reactive ketones (excluding diaryl/α,β-unsaturated/α-hetero) is 1. The molecule has 3 aromatic rings. The highest BCUT2D eigenvalue weighted by Gasteiger charge is 2.30. The number of nitrogens with one attached hydrogen (secondary N) is 1. The zero-order valence-corrected chi connectivity index (χ0v) is 15.5. The highest BCUT2D eigenvalue weighted by atomic mass is 32.1. The summed E-state index contributed by atoms with van der Waals surface area (Å²) in [4.78, 5) is 32.8. The Morgan fingerprint density at radius 1 is 1.07 bits per heavy atom. The molecule has 1 fully saturated rings. The first-order valence-electron chi connectivity index (χ1n) is 8.98. The van der Waals surface area contributed by atoms with Crippen LogP contribution >= 0.6 is 11.3 Å². The zero-order chi connectivity index (χ0) is 18.6. The summed E-state index contributed by atoms with van der Waals surface area (Å²) in [6.07, 6.45) is 6.43. The Balaban J connectivity index is 1.29. The molecule has 0 atom stereocenters. The number of carbonyl (C=O) groups excluding carboxylic acids is 2. The number of nitrogens with zero attached hydrogens (tertiary/aromatic N) is 2. The van der Waals surface area contributed by atoms with Gasteiger partial charge < -0.3 is 5.32 Å². The summed E-state index contributed by atoms with van der Waals surface area (Å²) in [6, 6.07) is 11.0. The summed E-state index contributed by atoms with van der Waals surface area (Å²) in [5.74, 6) is 0.358. The van der Waals surface area contributed by atoms with E-state index in [0.717, 1.165) is 34.7 Å². The average molecular weight is 377 g/mol. The summed E-state index contributed by atoms with van der Waals surface area (Å²) in [5.41, 5.74) is 3.38. The van der Waals surface area contributed by atoms with Gasteiger partial charge in [0.25, 0.3) is 0 Å². The molecule has 0 radical (unpaired) electrons. The maximum Gasteiger partial charge on any atom is 0.224 e. The van der Waals surface area contributed by atoms with Gasteiger partial charge in [-0.15, -0.1) is 11.3 Å². The number of pyridine rings is 1. The van der Waals surface area contributed by atoms with Gasteiger partial charge in [0, 0.05) is 46.9 Å². The number of hydrogen-bond acceptors (Lipinski definition) is 5. The van der Waals surface area contributed by atoms with Crippen LogP contribution in [0.1, 0.15) is 35.3 Å². The minimum absolute atomic E-state index is 0.0604. The molecular formula is C21H19N3O2S. The molecule has 0 unspecified atom stereocenters. The smallest absolute Gasteiger partial charge is 0.224 e. The van der Waals surface area contributed by atoms with Crippen molar-refractivity contribution in [3.05, 3.63) is 65.4 Å². The predicted molar refractivity (Wildman–Crippen MR) is 106 cm³/mol. The third-order valence-electron chi connectivity index (χ3n) is 4.49. The molecule has 4 rings (SSSR count). The third kappa shape index (κ3) is 4.46. The van der Waals surface area contributed by atoms with Crippen LogP contribution in [0.4, 0.5) is 5.69 Å². The molecule has 136 valence electrons. The molecule has 2 aromatic heterocycles. The van der Waals surface area contributed by atoms with Crippen molar-refractivity contribution in [3.8, 4) is 10.6 Å². The van der Waals surface area contributed by atoms with Gasteiger partial charge in [-0.3, -0.25) is 14.6 Å². The van der Waals surface area contributed by atoms with Crippen molar-refractivity contribution in [2.75, 3.05) is 5.32 Å². The molecule has 1 aliphatic rings. The fourth-order valence-electron chi connectivity index (χ4n) is 2.81. The number of benzene rings is 1. The maximum atomic E-state index is 12.2. The van der Waals surface area contributed by atoms with Crippen molar-refractivity contribution in [1.82, 2.24) is 9.97 Å². The van der Waals surface area contributed by atoms with Crippen molar-refractivity contribution in [1.29, 1.82) is 0 Å². The fraction of sp³-hybridized carbons (Fsp3) is 0.238. The van der Waals surface area contributed by atoms with E-state index >= 15 is 0 Å². The van der Waals surface area contributed by atoms with Gasteiger partial charge in [0.15, 0.2) is 5.78 Å². The molecule has 1 amide bonds. The first kappa shape index (κ1) is 17.5. The van der Waals surface area contributed by atoms with Crippen LogP contribution in [-0.2, 0) is 11.2 Å². The van der Waals surface area contributed by atoms with Gasteiger partial charge >= 0.3 is 0 Å². The van der Waals surface area contributed by atoms with Crippen molar-refractivity contribution < 1.29 is 9.59 Å². The number of hydrogen-bond donors (Lipinski definition) is 1. The molecule has 1 saturated carbocycles. The molecule has 5 nitrogen and oxygen atoms in total. The number of thiazole rings is 1. The van der Waals surface area contributed by atoms with Crippen molar-refractivity contribution >= 4 is 28.7 Å². The quantitative estimate of drug-likeness (QED) is 0.621. The van der Waals surface area contributed by atoms with Crippen LogP contribution in [-0.4, -0.2) is 21.7 Å². The van der Waals surface area contributed by atoms with Gasteiger partial charge in [-0.05, 0) is 55.7 Å². The molecule has 1 aromatic carbocycles. The molecule has 0 bridgehead atoms. The number of amides is 1. The fourth-order valence-corrected chi connectivity index (χ4v) is 3.67. The summed E-state index contributed by atoms with van der Waals surface area (Å²) < 4.78 is 0. The first-order valence-corrected chi connectivity index (χ1v) is 9.86. The Morgan fingerprint density at radius 3 is 2.52 bits per heavy atom. The normalized spacial score (nSPS) is 13.3. The SMILES string of the molecule is O=C(CCc1csc(-c2ccncc2)n1)Nc1ccc(C(=O)C2CC2)cc1. The second kappa shape index (κ2) is 7.80. The third-order valence-corrected chi connectivity index (χ3v) is 5.43. The molecule has 0 saturated heterocycles. The lowest BCUT2D eigenvalue weighted by atomic mass is 10.1. The standard InChI is InChI=1S/C21H19N3O2S/c25-19(23-17-5-3-15(4-6-17)20(26)14-1-2-14)8-7-18-13-27-21(24-18)16-9-11-22-12-10-16/h3-6,9-14H,1-2,7-8H2,(H,23,25). The highest BCUT2D eigenvalue weighted by Crippen LogP contribution is 2.32. The van der Waals surface area contributed by atoms with Gasteiger partial charge in [0.2, 0.25) is 5.91 Å². The van der Waals surface area contributed by atoms with Crippen LogP contribution in [0.3, 0.4) is 0 Å². The van der Waals surface area contributed by atoms with Crippen LogP contribution in [0, 0.1) is 5.92 Å². The minimum Gasteiger partial charge on any atom is -0.326 e. The Labute approximate surface area is 161 Å². The molecule has 0 aliphatic heterocycles. The average Bonchev–Trinajstić information content (AvgIpc) is 3.45. The Kier molecular flexibility index (Phi) is 5.07. The van der Waals surface area contributed by atoms with Crippen LogP contribution < -0.4 is 5.32 Å². The van der Waals surface area contributed by atoms with Crippen molar-refractivity contribution in [2.45, 2.75) is 25.7 Å². The highest BCUT2D eigenvalue weighted by molar-refractivity contribution is 7.13. The van der Waals surface area contributed by atoms with E-state index in [0.29, 0.717) is 18.5 Å². The largest absolute Gasteiger partial charge is 0.326 e. The van der Waals surface area contributed by atoms with Crippen LogP contribution in [0.5, 0.6) is 0 Å². The molecular weight excluding hydrogens is 358 g/mol. The summed E-state index contributed by atoms with van der Waals surface area (Å²) in [7, 11) is 0. The van der Waals surface area contributed by atoms with E-state index in [1.54, 1.807) is 48.0 Å². The van der Waals surface area contributed by atoms with Gasteiger partial charge in [-0.25, -0.2) is 4.98 Å². The van der Waals surface area contributed by atoms with Gasteiger partial charge in [0.1, 0.15) is 5.01 Å². The number of anilines is 1. The molecule has 1 aliphatic carbocycles. The lowest BCUT2D eigenvalue weighted by Gasteiger charge is -2.06. The lowest BCUT2D eigenvalue weighted by Crippen LogP contribution is -2.12. The second-order valence-corrected chi connectivity index (χ2v) is 7.50. The number of rotatable bonds is 7. The Morgan fingerprint density at radius 2 is 1.81 bits per heavy atom. The van der Waals surface area contributed by atoms with Gasteiger partial charge in [-0.2, -0.15) is 0 Å². The van der Waals surface area contributed by atoms with Gasteiger partial charge in [0.05, 0.1) is 5.69 Å². The van der Waals surface area contributed by atoms with E-state index in [-0.39, 0.29) is 17.6 Å². The molecule has 27 heavy (non-hydrogen) atoms. The molecule has 2 heterocycles. The molecule has 0 spiro atoms. The van der Waals surface area contributed by atoms with E-state index in [2.05, 4.69) is 15.3 Å². The van der Waals surface area contributed by atoms with Gasteiger partial charge in [-0.1, -0.05) is 0 Å². The van der Waals surface area contributed by atoms with Crippen LogP contribution in [0.25, 0.3) is 10.6 Å². The number of aromatic nitrogens is 2. The molecule has 1 N–H and O–H groups in total. The number of ketones is 1. The van der Waals surface area contributed by atoms with E-state index < -0.39 is 0 Å². The second-order valence-electron chi connectivity index (χ2n) is 6.64. The summed E-state index contributed by atoms with van der Waals surface area (Å²) >= 11 is 1.57. The predicted octanol–water partition coefficient (Wildman–Crippen LogP) is 4.37. The van der Waals surface area contributed by atoms with E-state index in [1.165, 1.54) is 0 Å². The maximum absolute atomic E-state index is 12.2. The number of carbonyl (C=O) groups is 2. The first-order chi connectivity index (χ1) is 13.2. The van der Waals surface area contributed by atoms with E-state index in [1.807, 2.05) is 17.5 Å². The topological polar surface area (TPSA) is 72.0 Å². The van der Waals surface area contributed by atoms with Crippen LogP contribution in [0.2, 0.25) is 0 Å². The van der Waals surface area contributed by atoms with Crippen LogP contribution in [0.15, 0.2) is 54.2 Å². The minimum atomic E-state index is -0.0604. The number of aryl methyl sites for hydroxylation is 1. The summed E-state index contributed by atoms with van der Waals surface area (Å²) in [6.45, 7) is 0. The van der Waals surface area contributed by atoms with E-state index in [4.69, 9.17) is 0 Å². The monoisotopic (exact) mass is 377 g/mol. The Bertz CT molecular complexity index is 947. The summed E-state index contributed by atoms with van der Waals surface area (Å²) in [5, 5.41) is 5.80. The van der Waals surface area contributed by atoms with E-state index in [9.17, 15) is 9.59 Å². The molecule has 6 heteroatoms. The van der Waals surface area contributed by atoms with Crippen molar-refractivity contribution in [2.24, 2.45) is 5.92 Å².